The minimum Gasteiger partial charge on any atom is -0.502 e. The van der Waals surface area contributed by atoms with Gasteiger partial charge in [-0.05, 0) is 47.9 Å². The van der Waals surface area contributed by atoms with Crippen LogP contribution in [0.2, 0.25) is 0 Å². The Morgan fingerprint density at radius 2 is 1.91 bits per heavy atom. The maximum atomic E-state index is 13.5. The lowest BCUT2D eigenvalue weighted by molar-refractivity contribution is 0.0671. The Morgan fingerprint density at radius 1 is 1.03 bits per heavy atom. The SMILES string of the molecule is O=C1c2c(O)c(=O)ccn2N2CN1CC[C@H]1C[C@H]1COc1cccc3c1[C@@H]2c1ccccc1SC3. The summed E-state index contributed by atoms with van der Waals surface area (Å²) in [5.41, 5.74) is 2.88. The summed E-state index contributed by atoms with van der Waals surface area (Å²) in [5.74, 6) is 1.90. The highest BCUT2D eigenvalue weighted by molar-refractivity contribution is 7.98. The van der Waals surface area contributed by atoms with Gasteiger partial charge in [0.15, 0.2) is 11.4 Å². The molecule has 8 heteroatoms. The number of ether oxygens (including phenoxy) is 1. The number of hydrogen-bond acceptors (Lipinski definition) is 6. The third kappa shape index (κ3) is 3.26. The molecule has 1 aliphatic carbocycles. The normalized spacial score (nSPS) is 24.5. The molecular formula is C27H25N3O4S. The highest BCUT2D eigenvalue weighted by Gasteiger charge is 2.43. The Labute approximate surface area is 206 Å². The first-order valence-electron chi connectivity index (χ1n) is 12.1. The van der Waals surface area contributed by atoms with Gasteiger partial charge in [0.05, 0.1) is 6.61 Å². The van der Waals surface area contributed by atoms with Crippen LogP contribution in [-0.4, -0.2) is 40.4 Å². The van der Waals surface area contributed by atoms with Crippen molar-refractivity contribution in [3.05, 3.63) is 87.3 Å². The zero-order valence-corrected chi connectivity index (χ0v) is 19.9. The molecule has 2 aromatic carbocycles. The molecule has 2 bridgehead atoms. The molecule has 1 fully saturated rings. The predicted molar refractivity (Wildman–Crippen MR) is 132 cm³/mol. The fraction of sp³-hybridized carbons (Fsp3) is 0.333. The van der Waals surface area contributed by atoms with Gasteiger partial charge in [-0.1, -0.05) is 30.3 Å². The number of benzene rings is 2. The van der Waals surface area contributed by atoms with Crippen LogP contribution in [0, 0.1) is 11.8 Å². The van der Waals surface area contributed by atoms with Crippen molar-refractivity contribution in [3.8, 4) is 11.5 Å². The molecule has 1 aromatic heterocycles. The number of carbonyl (C=O) groups excluding carboxylic acids is 1. The molecule has 178 valence electrons. The van der Waals surface area contributed by atoms with Gasteiger partial charge in [0, 0.05) is 35.0 Å². The van der Waals surface area contributed by atoms with E-state index in [-0.39, 0.29) is 17.6 Å². The van der Waals surface area contributed by atoms with Gasteiger partial charge in [-0.15, -0.1) is 11.8 Å². The number of rotatable bonds is 0. The molecule has 3 aromatic rings. The van der Waals surface area contributed by atoms with Crippen LogP contribution < -0.4 is 15.2 Å². The second kappa shape index (κ2) is 7.81. The lowest BCUT2D eigenvalue weighted by Gasteiger charge is -2.44. The first kappa shape index (κ1) is 20.9. The minimum atomic E-state index is -0.545. The number of hydrogen-bond donors (Lipinski definition) is 1. The lowest BCUT2D eigenvalue weighted by Crippen LogP contribution is -2.55. The third-order valence-electron chi connectivity index (χ3n) is 7.75. The molecule has 4 aliphatic rings. The number of thioether (sulfide) groups is 1. The highest BCUT2D eigenvalue weighted by atomic mass is 32.2. The number of fused-ring (bicyclic) bond motifs is 8. The zero-order valence-electron chi connectivity index (χ0n) is 19.1. The van der Waals surface area contributed by atoms with E-state index in [4.69, 9.17) is 4.74 Å². The monoisotopic (exact) mass is 487 g/mol. The van der Waals surface area contributed by atoms with Crippen molar-refractivity contribution in [2.24, 2.45) is 11.8 Å². The molecule has 7 nitrogen and oxygen atoms in total. The quantitative estimate of drug-likeness (QED) is 0.521. The van der Waals surface area contributed by atoms with Crippen molar-refractivity contribution in [2.45, 2.75) is 29.5 Å². The molecule has 4 heterocycles. The van der Waals surface area contributed by atoms with Gasteiger partial charge in [-0.2, -0.15) is 0 Å². The van der Waals surface area contributed by atoms with Crippen LogP contribution in [0.3, 0.4) is 0 Å². The minimum absolute atomic E-state index is 0.0301. The van der Waals surface area contributed by atoms with Gasteiger partial charge in [0.1, 0.15) is 18.5 Å². The van der Waals surface area contributed by atoms with Crippen LogP contribution in [0.5, 0.6) is 11.5 Å². The van der Waals surface area contributed by atoms with Gasteiger partial charge in [-0.25, -0.2) is 0 Å². The van der Waals surface area contributed by atoms with Crippen molar-refractivity contribution >= 4 is 17.7 Å². The molecule has 1 amide bonds. The van der Waals surface area contributed by atoms with E-state index in [1.165, 1.54) is 16.5 Å². The van der Waals surface area contributed by atoms with Gasteiger partial charge >= 0.3 is 0 Å². The maximum absolute atomic E-state index is 13.5. The van der Waals surface area contributed by atoms with Crippen LogP contribution in [0.15, 0.2) is 64.4 Å². The predicted octanol–water partition coefficient (Wildman–Crippen LogP) is 3.72. The number of aromatic nitrogens is 1. The number of pyridine rings is 1. The molecule has 0 saturated heterocycles. The highest BCUT2D eigenvalue weighted by Crippen LogP contribution is 2.48. The van der Waals surface area contributed by atoms with Crippen molar-refractivity contribution in [1.82, 2.24) is 9.58 Å². The van der Waals surface area contributed by atoms with E-state index < -0.39 is 11.2 Å². The van der Waals surface area contributed by atoms with Crippen LogP contribution in [0.1, 0.15) is 46.1 Å². The maximum Gasteiger partial charge on any atom is 0.277 e. The summed E-state index contributed by atoms with van der Waals surface area (Å²) in [6.45, 7) is 1.61. The smallest absolute Gasteiger partial charge is 0.277 e. The number of carbonyl (C=O) groups is 1. The average molecular weight is 488 g/mol. The van der Waals surface area contributed by atoms with E-state index in [0.29, 0.717) is 31.7 Å². The van der Waals surface area contributed by atoms with E-state index >= 15 is 0 Å². The molecule has 1 saturated carbocycles. The summed E-state index contributed by atoms with van der Waals surface area (Å²) in [4.78, 5) is 28.9. The third-order valence-corrected chi connectivity index (χ3v) is 8.89. The van der Waals surface area contributed by atoms with Crippen molar-refractivity contribution in [2.75, 3.05) is 24.8 Å². The topological polar surface area (TPSA) is 75.0 Å². The summed E-state index contributed by atoms with van der Waals surface area (Å²) >= 11 is 1.80. The molecule has 0 unspecified atom stereocenters. The van der Waals surface area contributed by atoms with E-state index in [1.54, 1.807) is 27.5 Å². The van der Waals surface area contributed by atoms with Crippen LogP contribution >= 0.6 is 11.8 Å². The molecular weight excluding hydrogens is 462 g/mol. The van der Waals surface area contributed by atoms with Gasteiger partial charge in [-0.3, -0.25) is 19.3 Å². The lowest BCUT2D eigenvalue weighted by atomic mass is 9.93. The van der Waals surface area contributed by atoms with Gasteiger partial charge < -0.3 is 14.7 Å². The van der Waals surface area contributed by atoms with Gasteiger partial charge in [0.2, 0.25) is 5.43 Å². The first-order chi connectivity index (χ1) is 17.1. The Hall–Kier alpha value is -3.39. The summed E-state index contributed by atoms with van der Waals surface area (Å²) in [5, 5.41) is 12.9. The van der Waals surface area contributed by atoms with E-state index in [9.17, 15) is 14.7 Å². The van der Waals surface area contributed by atoms with E-state index in [1.807, 2.05) is 18.2 Å². The molecule has 7 rings (SSSR count). The number of amides is 1. The number of aromatic hydroxyl groups is 1. The molecule has 1 N–H and O–H groups in total. The Bertz CT molecular complexity index is 1420. The Morgan fingerprint density at radius 3 is 2.83 bits per heavy atom. The second-order valence-electron chi connectivity index (χ2n) is 9.78. The second-order valence-corrected chi connectivity index (χ2v) is 10.8. The van der Waals surface area contributed by atoms with Crippen LogP contribution in [0.4, 0.5) is 0 Å². The number of nitrogens with zero attached hydrogens (tertiary/aromatic N) is 3. The Balaban J connectivity index is 1.51. The average Bonchev–Trinajstić information content (AvgIpc) is 3.65. The van der Waals surface area contributed by atoms with Gasteiger partial charge in [0.25, 0.3) is 5.91 Å². The zero-order chi connectivity index (χ0) is 23.7. The fourth-order valence-electron chi connectivity index (χ4n) is 5.76. The van der Waals surface area contributed by atoms with Crippen molar-refractivity contribution < 1.29 is 14.6 Å². The van der Waals surface area contributed by atoms with Crippen molar-refractivity contribution in [3.63, 3.8) is 0 Å². The first-order valence-corrected chi connectivity index (χ1v) is 13.1. The summed E-state index contributed by atoms with van der Waals surface area (Å²) in [7, 11) is 0. The standard InChI is InChI=1S/C27H25N3O4S/c31-20-9-11-29-25(26(20)32)27(33)28-10-8-16-12-18(16)13-34-21-6-3-4-17-14-35-22-7-2-1-5-19(22)24(23(17)21)30(29)15-28/h1-7,9,11,16,18,24,32H,8,10,12-15H2/t16-,18-,24-/m0/s1. The summed E-state index contributed by atoms with van der Waals surface area (Å²) < 4.78 is 8.18. The van der Waals surface area contributed by atoms with Crippen molar-refractivity contribution in [1.29, 1.82) is 0 Å². The van der Waals surface area contributed by atoms with Crippen LogP contribution in [-0.2, 0) is 5.75 Å². The summed E-state index contributed by atoms with van der Waals surface area (Å²) in [6, 6.07) is 15.7. The molecule has 3 atom stereocenters. The molecule has 0 spiro atoms. The molecule has 35 heavy (non-hydrogen) atoms. The summed E-state index contributed by atoms with van der Waals surface area (Å²) in [6.07, 6.45) is 3.60. The molecule has 0 radical (unpaired) electrons. The molecule has 3 aliphatic heterocycles. The largest absolute Gasteiger partial charge is 0.502 e. The van der Waals surface area contributed by atoms with Crippen LogP contribution in [0.25, 0.3) is 0 Å². The van der Waals surface area contributed by atoms with E-state index in [2.05, 4.69) is 29.3 Å². The van der Waals surface area contributed by atoms with E-state index in [0.717, 1.165) is 35.5 Å². The fourth-order valence-corrected chi connectivity index (χ4v) is 6.85. The Kier molecular flexibility index (Phi) is 4.67.